The molecule has 0 fully saturated rings. The van der Waals surface area contributed by atoms with Crippen LogP contribution in [0.25, 0.3) is 10.8 Å². The van der Waals surface area contributed by atoms with E-state index in [-0.39, 0.29) is 18.9 Å². The lowest BCUT2D eigenvalue weighted by Gasteiger charge is -2.18. The van der Waals surface area contributed by atoms with E-state index in [0.29, 0.717) is 35.0 Å². The lowest BCUT2D eigenvalue weighted by atomic mass is 10.1. The highest BCUT2D eigenvalue weighted by Crippen LogP contribution is 2.42. The minimum absolute atomic E-state index is 0.176. The molecule has 6 nitrogen and oxygen atoms in total. The molecule has 29 heavy (non-hydrogen) atoms. The Morgan fingerprint density at radius 3 is 2.59 bits per heavy atom. The first-order chi connectivity index (χ1) is 14.0. The van der Waals surface area contributed by atoms with Gasteiger partial charge in [0.2, 0.25) is 5.91 Å². The molecule has 3 aromatic carbocycles. The molecule has 0 spiro atoms. The highest BCUT2D eigenvalue weighted by atomic mass is 32.2. The molecule has 0 radical (unpaired) electrons. The molecule has 1 aliphatic heterocycles. The van der Waals surface area contributed by atoms with Gasteiger partial charge in [-0.15, -0.1) is 0 Å². The zero-order chi connectivity index (χ0) is 20.4. The molecule has 0 unspecified atom stereocenters. The van der Waals surface area contributed by atoms with Gasteiger partial charge >= 0.3 is 0 Å². The van der Waals surface area contributed by atoms with Gasteiger partial charge in [0, 0.05) is 18.4 Å². The first-order valence-electron chi connectivity index (χ1n) is 9.58. The van der Waals surface area contributed by atoms with Gasteiger partial charge in [-0.25, -0.2) is 8.42 Å². The normalized spacial score (nSPS) is 14.2. The lowest BCUT2D eigenvalue weighted by Crippen LogP contribution is -2.29. The molecule has 0 saturated heterocycles. The van der Waals surface area contributed by atoms with E-state index in [1.807, 2.05) is 43.3 Å². The van der Waals surface area contributed by atoms with Crippen molar-refractivity contribution < 1.29 is 17.9 Å². The molecule has 1 heterocycles. The van der Waals surface area contributed by atoms with Crippen LogP contribution >= 0.6 is 0 Å². The maximum Gasteiger partial charge on any atom is 0.265 e. The summed E-state index contributed by atoms with van der Waals surface area (Å²) in [4.78, 5) is 12.7. The van der Waals surface area contributed by atoms with Crippen LogP contribution in [0.2, 0.25) is 0 Å². The molecule has 0 atom stereocenters. The average Bonchev–Trinajstić information content (AvgIpc) is 2.93. The monoisotopic (exact) mass is 410 g/mol. The number of hydrogen-bond acceptors (Lipinski definition) is 4. The third-order valence-corrected chi connectivity index (χ3v) is 6.76. The van der Waals surface area contributed by atoms with Crippen molar-refractivity contribution in [3.05, 3.63) is 60.7 Å². The second-order valence-electron chi connectivity index (χ2n) is 6.79. The third-order valence-electron chi connectivity index (χ3n) is 4.91. The summed E-state index contributed by atoms with van der Waals surface area (Å²) in [5, 5.41) is 4.50. The maximum atomic E-state index is 13.0. The second kappa shape index (κ2) is 7.75. The van der Waals surface area contributed by atoms with Gasteiger partial charge in [0.25, 0.3) is 10.0 Å². The molecular formula is C22H22N2O4S. The van der Waals surface area contributed by atoms with Crippen LogP contribution in [-0.4, -0.2) is 27.5 Å². The maximum absolute atomic E-state index is 13.0. The Kier molecular flexibility index (Phi) is 5.15. The van der Waals surface area contributed by atoms with Crippen LogP contribution in [0.1, 0.15) is 19.8 Å². The van der Waals surface area contributed by atoms with Crippen molar-refractivity contribution >= 4 is 38.1 Å². The number of rotatable bonds is 7. The second-order valence-corrected chi connectivity index (χ2v) is 8.62. The summed E-state index contributed by atoms with van der Waals surface area (Å²) in [6, 6.07) is 18.1. The van der Waals surface area contributed by atoms with Crippen LogP contribution in [0.4, 0.5) is 11.4 Å². The molecule has 1 amide bonds. The predicted octanol–water partition coefficient (Wildman–Crippen LogP) is 4.17. The summed E-state index contributed by atoms with van der Waals surface area (Å²) in [6.45, 7) is 2.64. The summed E-state index contributed by atoms with van der Waals surface area (Å²) >= 11 is 0. The fourth-order valence-corrected chi connectivity index (χ4v) is 5.40. The summed E-state index contributed by atoms with van der Waals surface area (Å²) in [6.07, 6.45) is 0.616. The van der Waals surface area contributed by atoms with Crippen molar-refractivity contribution in [2.24, 2.45) is 0 Å². The molecule has 1 aliphatic rings. The van der Waals surface area contributed by atoms with E-state index in [1.54, 1.807) is 24.3 Å². The summed E-state index contributed by atoms with van der Waals surface area (Å²) in [5.41, 5.74) is 1.30. The molecule has 0 aromatic heterocycles. The summed E-state index contributed by atoms with van der Waals surface area (Å²) in [7, 11) is -3.59. The van der Waals surface area contributed by atoms with Crippen molar-refractivity contribution in [2.45, 2.75) is 24.7 Å². The van der Waals surface area contributed by atoms with E-state index >= 15 is 0 Å². The number of nitrogens with one attached hydrogen (secondary N) is 1. The number of carbonyl (C=O) groups excluding carboxylic acids is 1. The topological polar surface area (TPSA) is 75.7 Å². The number of amides is 1. The Bertz CT molecular complexity index is 1170. The van der Waals surface area contributed by atoms with Gasteiger partial charge in [0.15, 0.2) is 0 Å². The highest BCUT2D eigenvalue weighted by Gasteiger charge is 2.35. The van der Waals surface area contributed by atoms with E-state index in [1.165, 1.54) is 4.31 Å². The molecule has 0 bridgehead atoms. The van der Waals surface area contributed by atoms with Crippen LogP contribution in [0.5, 0.6) is 5.75 Å². The van der Waals surface area contributed by atoms with Crippen molar-refractivity contribution in [3.63, 3.8) is 0 Å². The van der Waals surface area contributed by atoms with Gasteiger partial charge in [0.1, 0.15) is 5.75 Å². The fourth-order valence-electron chi connectivity index (χ4n) is 3.65. The SMILES string of the molecule is CCOc1ccccc1NC(=O)CCCN1c2cccc3cccc(c23)S1(=O)=O. The zero-order valence-electron chi connectivity index (χ0n) is 16.1. The number of anilines is 2. The third kappa shape index (κ3) is 3.53. The number of ether oxygens (including phenoxy) is 1. The Hall–Kier alpha value is -3.06. The first-order valence-corrected chi connectivity index (χ1v) is 11.0. The molecular weight excluding hydrogens is 388 g/mol. The van der Waals surface area contributed by atoms with E-state index in [4.69, 9.17) is 4.74 Å². The van der Waals surface area contributed by atoms with Crippen LogP contribution in [0.15, 0.2) is 65.6 Å². The van der Waals surface area contributed by atoms with E-state index in [9.17, 15) is 13.2 Å². The van der Waals surface area contributed by atoms with Gasteiger partial charge in [-0.05, 0) is 43.0 Å². The quantitative estimate of drug-likeness (QED) is 0.634. The van der Waals surface area contributed by atoms with Crippen molar-refractivity contribution in [1.29, 1.82) is 0 Å². The minimum atomic E-state index is -3.59. The number of para-hydroxylation sites is 2. The van der Waals surface area contributed by atoms with Gasteiger partial charge in [-0.3, -0.25) is 9.10 Å². The Morgan fingerprint density at radius 2 is 1.79 bits per heavy atom. The fraction of sp³-hybridized carbons (Fsp3) is 0.227. The molecule has 0 saturated carbocycles. The van der Waals surface area contributed by atoms with Crippen LogP contribution in [0, 0.1) is 0 Å². The van der Waals surface area contributed by atoms with Crippen LogP contribution in [0.3, 0.4) is 0 Å². The number of benzene rings is 3. The largest absolute Gasteiger partial charge is 0.492 e. The first kappa shape index (κ1) is 19.3. The molecule has 0 aliphatic carbocycles. The number of hydrogen-bond donors (Lipinski definition) is 1. The number of nitrogens with zero attached hydrogens (tertiary/aromatic N) is 1. The van der Waals surface area contributed by atoms with Crippen molar-refractivity contribution in [3.8, 4) is 5.75 Å². The summed E-state index contributed by atoms with van der Waals surface area (Å²) < 4.78 is 32.8. The van der Waals surface area contributed by atoms with Crippen molar-refractivity contribution in [2.75, 3.05) is 22.8 Å². The van der Waals surface area contributed by atoms with Crippen LogP contribution in [-0.2, 0) is 14.8 Å². The molecule has 3 aromatic rings. The molecule has 7 heteroatoms. The lowest BCUT2D eigenvalue weighted by molar-refractivity contribution is -0.116. The molecule has 150 valence electrons. The van der Waals surface area contributed by atoms with E-state index in [0.717, 1.165) is 10.8 Å². The van der Waals surface area contributed by atoms with Crippen molar-refractivity contribution in [1.82, 2.24) is 0 Å². The molecule has 4 rings (SSSR count). The van der Waals surface area contributed by atoms with Gasteiger partial charge < -0.3 is 10.1 Å². The van der Waals surface area contributed by atoms with Gasteiger partial charge in [0.05, 0.1) is 22.9 Å². The predicted molar refractivity (Wildman–Crippen MR) is 114 cm³/mol. The Morgan fingerprint density at radius 1 is 1.03 bits per heavy atom. The van der Waals surface area contributed by atoms with E-state index < -0.39 is 10.0 Å². The van der Waals surface area contributed by atoms with Gasteiger partial charge in [-0.2, -0.15) is 0 Å². The van der Waals surface area contributed by atoms with Crippen LogP contribution < -0.4 is 14.4 Å². The van der Waals surface area contributed by atoms with Gasteiger partial charge in [-0.1, -0.05) is 36.4 Å². The Labute approximate surface area is 170 Å². The standard InChI is InChI=1S/C22H22N2O4S/c1-2-28-19-12-4-3-10-17(19)23-21(25)14-7-15-24-18-11-5-8-16-9-6-13-20(22(16)18)29(24,26)27/h3-6,8-13H,2,7,14-15H2,1H3,(H,23,25). The zero-order valence-corrected chi connectivity index (χ0v) is 16.9. The number of carbonyl (C=O) groups is 1. The summed E-state index contributed by atoms with van der Waals surface area (Å²) in [5.74, 6) is 0.442. The van der Waals surface area contributed by atoms with E-state index in [2.05, 4.69) is 5.32 Å². The highest BCUT2D eigenvalue weighted by molar-refractivity contribution is 7.93. The average molecular weight is 410 g/mol. The Balaban J connectivity index is 1.44. The minimum Gasteiger partial charge on any atom is -0.492 e. The molecule has 1 N–H and O–H groups in total. The smallest absolute Gasteiger partial charge is 0.265 e. The number of sulfonamides is 1.